The minimum absolute atomic E-state index is 0.185. The Morgan fingerprint density at radius 3 is 2.37 bits per heavy atom. The molecule has 3 heterocycles. The van der Waals surface area contributed by atoms with Gasteiger partial charge in [0.25, 0.3) is 0 Å². The van der Waals surface area contributed by atoms with Crippen molar-refractivity contribution in [1.29, 1.82) is 0 Å². The van der Waals surface area contributed by atoms with Crippen LogP contribution in [0.5, 0.6) is 0 Å². The Kier molecular flexibility index (Phi) is 3.41. The number of halogens is 1. The Morgan fingerprint density at radius 1 is 1.00 bits per heavy atom. The molecule has 7 heteroatoms. The number of aromatic nitrogens is 4. The van der Waals surface area contributed by atoms with Crippen LogP contribution in [0.2, 0.25) is 5.28 Å². The lowest BCUT2D eigenvalue weighted by Crippen LogP contribution is -2.47. The summed E-state index contributed by atoms with van der Waals surface area (Å²) in [6.45, 7) is 3.54. The highest BCUT2D eigenvalue weighted by molar-refractivity contribution is 6.28. The lowest BCUT2D eigenvalue weighted by molar-refractivity contribution is 0.639. The van der Waals surface area contributed by atoms with Crippen LogP contribution in [0.25, 0.3) is 0 Å². The van der Waals surface area contributed by atoms with Crippen molar-refractivity contribution in [2.24, 2.45) is 0 Å². The SMILES string of the molecule is Clc1nncc(N2CCN(c3ccccn3)CC2)n1. The smallest absolute Gasteiger partial charge is 0.244 e. The van der Waals surface area contributed by atoms with Gasteiger partial charge in [-0.3, -0.25) is 0 Å². The fraction of sp³-hybridized carbons (Fsp3) is 0.333. The Bertz CT molecular complexity index is 541. The van der Waals surface area contributed by atoms with Gasteiger partial charge in [0.1, 0.15) is 5.82 Å². The van der Waals surface area contributed by atoms with E-state index in [9.17, 15) is 0 Å². The number of rotatable bonds is 2. The molecule has 1 aliphatic heterocycles. The van der Waals surface area contributed by atoms with Gasteiger partial charge >= 0.3 is 0 Å². The number of pyridine rings is 1. The highest BCUT2D eigenvalue weighted by Crippen LogP contribution is 2.17. The third-order valence-corrected chi connectivity index (χ3v) is 3.26. The second-order valence-electron chi connectivity index (χ2n) is 4.25. The Hall–Kier alpha value is -1.95. The van der Waals surface area contributed by atoms with E-state index in [0.29, 0.717) is 0 Å². The van der Waals surface area contributed by atoms with Crippen molar-refractivity contribution in [3.8, 4) is 0 Å². The predicted octanol–water partition coefficient (Wildman–Crippen LogP) is 1.25. The summed E-state index contributed by atoms with van der Waals surface area (Å²) in [5, 5.41) is 7.66. The lowest BCUT2D eigenvalue weighted by Gasteiger charge is -2.35. The second kappa shape index (κ2) is 5.36. The molecule has 0 atom stereocenters. The van der Waals surface area contributed by atoms with E-state index in [1.54, 1.807) is 6.20 Å². The molecule has 1 aliphatic rings. The van der Waals surface area contributed by atoms with Crippen molar-refractivity contribution < 1.29 is 0 Å². The molecule has 0 aliphatic carbocycles. The lowest BCUT2D eigenvalue weighted by atomic mass is 10.3. The van der Waals surface area contributed by atoms with Crippen LogP contribution in [0.15, 0.2) is 30.6 Å². The Morgan fingerprint density at radius 2 is 1.74 bits per heavy atom. The predicted molar refractivity (Wildman–Crippen MR) is 73.5 cm³/mol. The molecule has 0 amide bonds. The van der Waals surface area contributed by atoms with E-state index in [0.717, 1.165) is 37.8 Å². The topological polar surface area (TPSA) is 58.0 Å². The molecule has 0 spiro atoms. The monoisotopic (exact) mass is 276 g/mol. The molecule has 0 bridgehead atoms. The maximum Gasteiger partial charge on any atom is 0.244 e. The van der Waals surface area contributed by atoms with Crippen molar-refractivity contribution in [3.63, 3.8) is 0 Å². The fourth-order valence-corrected chi connectivity index (χ4v) is 2.26. The molecular formula is C12H13ClN6. The van der Waals surface area contributed by atoms with Gasteiger partial charge in [0.05, 0.1) is 6.20 Å². The van der Waals surface area contributed by atoms with Gasteiger partial charge in [0.15, 0.2) is 5.82 Å². The maximum atomic E-state index is 5.76. The molecule has 6 nitrogen and oxygen atoms in total. The maximum absolute atomic E-state index is 5.76. The van der Waals surface area contributed by atoms with Gasteiger partial charge in [-0.15, -0.1) is 5.10 Å². The molecule has 2 aromatic rings. The molecule has 0 N–H and O–H groups in total. The summed E-state index contributed by atoms with van der Waals surface area (Å²) in [6, 6.07) is 5.95. The van der Waals surface area contributed by atoms with Crippen LogP contribution in [0.4, 0.5) is 11.6 Å². The summed E-state index contributed by atoms with van der Waals surface area (Å²) in [4.78, 5) is 13.0. The molecule has 19 heavy (non-hydrogen) atoms. The van der Waals surface area contributed by atoms with Gasteiger partial charge in [-0.2, -0.15) is 10.1 Å². The molecule has 0 radical (unpaired) electrons. The van der Waals surface area contributed by atoms with Gasteiger partial charge < -0.3 is 9.80 Å². The van der Waals surface area contributed by atoms with Crippen LogP contribution < -0.4 is 9.80 Å². The minimum Gasteiger partial charge on any atom is -0.353 e. The Labute approximate surface area is 116 Å². The molecule has 1 fully saturated rings. The highest BCUT2D eigenvalue weighted by atomic mass is 35.5. The zero-order valence-electron chi connectivity index (χ0n) is 10.3. The van der Waals surface area contributed by atoms with Crippen LogP contribution in [-0.4, -0.2) is 46.3 Å². The average molecular weight is 277 g/mol. The summed E-state index contributed by atoms with van der Waals surface area (Å²) in [5.41, 5.74) is 0. The van der Waals surface area contributed by atoms with E-state index in [1.807, 2.05) is 24.4 Å². The van der Waals surface area contributed by atoms with Crippen molar-refractivity contribution in [2.45, 2.75) is 0 Å². The van der Waals surface area contributed by atoms with Crippen molar-refractivity contribution in [1.82, 2.24) is 20.2 Å². The molecule has 0 aromatic carbocycles. The molecule has 3 rings (SSSR count). The fourth-order valence-electron chi connectivity index (χ4n) is 2.13. The number of hydrogen-bond donors (Lipinski definition) is 0. The number of anilines is 2. The van der Waals surface area contributed by atoms with Crippen LogP contribution >= 0.6 is 11.6 Å². The minimum atomic E-state index is 0.185. The molecule has 0 saturated carbocycles. The second-order valence-corrected chi connectivity index (χ2v) is 4.58. The first-order valence-electron chi connectivity index (χ1n) is 6.09. The quantitative estimate of drug-likeness (QED) is 0.823. The van der Waals surface area contributed by atoms with E-state index in [-0.39, 0.29) is 5.28 Å². The molecule has 0 unspecified atom stereocenters. The number of piperazine rings is 1. The van der Waals surface area contributed by atoms with Gasteiger partial charge in [0, 0.05) is 32.4 Å². The van der Waals surface area contributed by atoms with Gasteiger partial charge in [-0.25, -0.2) is 4.98 Å². The highest BCUT2D eigenvalue weighted by Gasteiger charge is 2.19. The molecule has 1 saturated heterocycles. The molecular weight excluding hydrogens is 264 g/mol. The third kappa shape index (κ3) is 2.73. The van der Waals surface area contributed by atoms with E-state index < -0.39 is 0 Å². The van der Waals surface area contributed by atoms with Gasteiger partial charge in [0.2, 0.25) is 5.28 Å². The average Bonchev–Trinajstić information content (AvgIpc) is 2.48. The molecule has 2 aromatic heterocycles. The van der Waals surface area contributed by atoms with Crippen molar-refractivity contribution in [2.75, 3.05) is 36.0 Å². The first-order valence-corrected chi connectivity index (χ1v) is 6.47. The van der Waals surface area contributed by atoms with Crippen LogP contribution in [0.3, 0.4) is 0 Å². The standard InChI is InChI=1S/C12H13ClN6/c13-12-16-11(9-15-17-12)19-7-5-18(6-8-19)10-3-1-2-4-14-10/h1-4,9H,5-8H2. The molecule has 98 valence electrons. The third-order valence-electron chi connectivity index (χ3n) is 3.10. The van der Waals surface area contributed by atoms with Crippen LogP contribution in [0.1, 0.15) is 0 Å². The summed E-state index contributed by atoms with van der Waals surface area (Å²) >= 11 is 5.76. The summed E-state index contributed by atoms with van der Waals surface area (Å²) in [6.07, 6.45) is 3.46. The van der Waals surface area contributed by atoms with E-state index >= 15 is 0 Å². The normalized spacial score (nSPS) is 15.6. The van der Waals surface area contributed by atoms with Crippen LogP contribution in [-0.2, 0) is 0 Å². The van der Waals surface area contributed by atoms with E-state index in [2.05, 4.69) is 30.0 Å². The number of hydrogen-bond acceptors (Lipinski definition) is 6. The first kappa shape index (κ1) is 12.1. The van der Waals surface area contributed by atoms with Gasteiger partial charge in [-0.05, 0) is 23.7 Å². The van der Waals surface area contributed by atoms with Crippen molar-refractivity contribution >= 4 is 23.2 Å². The Balaban J connectivity index is 1.67. The van der Waals surface area contributed by atoms with E-state index in [4.69, 9.17) is 11.6 Å². The summed E-state index contributed by atoms with van der Waals surface area (Å²) < 4.78 is 0. The van der Waals surface area contributed by atoms with Crippen molar-refractivity contribution in [3.05, 3.63) is 35.9 Å². The van der Waals surface area contributed by atoms with Crippen LogP contribution in [0, 0.1) is 0 Å². The largest absolute Gasteiger partial charge is 0.353 e. The zero-order valence-corrected chi connectivity index (χ0v) is 11.0. The summed E-state index contributed by atoms with van der Waals surface area (Å²) in [5.74, 6) is 1.79. The zero-order chi connectivity index (χ0) is 13.1. The summed E-state index contributed by atoms with van der Waals surface area (Å²) in [7, 11) is 0. The number of nitrogens with zero attached hydrogens (tertiary/aromatic N) is 6. The first-order chi connectivity index (χ1) is 9.33. The van der Waals surface area contributed by atoms with Gasteiger partial charge in [-0.1, -0.05) is 6.07 Å². The van der Waals surface area contributed by atoms with E-state index in [1.165, 1.54) is 0 Å².